The van der Waals surface area contributed by atoms with Crippen LogP contribution in [-0.2, 0) is 17.9 Å². The van der Waals surface area contributed by atoms with Crippen molar-refractivity contribution in [3.8, 4) is 0 Å². The second-order valence-electron chi connectivity index (χ2n) is 4.61. The number of benzene rings is 1. The molecule has 1 N–H and O–H groups in total. The van der Waals surface area contributed by atoms with Crippen molar-refractivity contribution >= 4 is 21.9 Å². The second kappa shape index (κ2) is 6.48. The Bertz CT molecular complexity index is 684. The quantitative estimate of drug-likeness (QED) is 0.813. The number of carboxylic acids is 1. The number of alkyl halides is 4. The first-order valence-electron chi connectivity index (χ1n) is 6.25. The Morgan fingerprint density at radius 3 is 2.27 bits per heavy atom. The van der Waals surface area contributed by atoms with E-state index in [1.54, 1.807) is 6.07 Å². The molecule has 0 fully saturated rings. The lowest BCUT2D eigenvalue weighted by Gasteiger charge is -2.09. The summed E-state index contributed by atoms with van der Waals surface area (Å²) in [5.74, 6) is -1.07. The third kappa shape index (κ3) is 3.85. The number of nitrogens with zero attached hydrogens (tertiary/aromatic N) is 1. The van der Waals surface area contributed by atoms with Gasteiger partial charge in [-0.1, -0.05) is 28.1 Å². The third-order valence-electron chi connectivity index (χ3n) is 3.06. The normalized spacial score (nSPS) is 11.5. The summed E-state index contributed by atoms with van der Waals surface area (Å²) in [6.07, 6.45) is -4.03. The first-order valence-corrected chi connectivity index (χ1v) is 7.37. The summed E-state index contributed by atoms with van der Waals surface area (Å²) in [5, 5.41) is 9.30. The van der Waals surface area contributed by atoms with E-state index >= 15 is 0 Å². The molecule has 0 spiro atoms. The summed E-state index contributed by atoms with van der Waals surface area (Å²) >= 11 is 3.18. The lowest BCUT2D eigenvalue weighted by atomic mass is 10.1. The van der Waals surface area contributed by atoms with Crippen molar-refractivity contribution in [2.75, 3.05) is 0 Å². The van der Waals surface area contributed by atoms with E-state index in [0.29, 0.717) is 23.4 Å². The summed E-state index contributed by atoms with van der Waals surface area (Å²) in [6, 6.07) is 7.84. The standard InChI is InChI=1S/C15H11BrF3NO2/c16-8-13-12(14(21)22)6-5-11(20-13)7-9-1-3-10(4-2-9)15(17,18)19/h1-6H,7-8H2,(H,21,22). The van der Waals surface area contributed by atoms with Crippen LogP contribution in [0.5, 0.6) is 0 Å². The van der Waals surface area contributed by atoms with Gasteiger partial charge in [0.1, 0.15) is 0 Å². The summed E-state index contributed by atoms with van der Waals surface area (Å²) < 4.78 is 37.5. The van der Waals surface area contributed by atoms with Crippen LogP contribution >= 0.6 is 15.9 Å². The smallest absolute Gasteiger partial charge is 0.416 e. The number of aromatic carboxylic acids is 1. The number of rotatable bonds is 4. The van der Waals surface area contributed by atoms with Crippen molar-refractivity contribution in [2.45, 2.75) is 17.9 Å². The van der Waals surface area contributed by atoms with Gasteiger partial charge in [-0.05, 0) is 29.8 Å². The minimum atomic E-state index is -4.36. The Morgan fingerprint density at radius 2 is 1.77 bits per heavy atom. The van der Waals surface area contributed by atoms with Crippen LogP contribution in [0.2, 0.25) is 0 Å². The predicted molar refractivity (Wildman–Crippen MR) is 78.1 cm³/mol. The summed E-state index contributed by atoms with van der Waals surface area (Å²) in [4.78, 5) is 15.2. The summed E-state index contributed by atoms with van der Waals surface area (Å²) in [7, 11) is 0. The predicted octanol–water partition coefficient (Wildman–Crippen LogP) is 4.28. The Labute approximate surface area is 132 Å². The van der Waals surface area contributed by atoms with Crippen molar-refractivity contribution in [1.29, 1.82) is 0 Å². The van der Waals surface area contributed by atoms with E-state index in [1.807, 2.05) is 0 Å². The Hall–Kier alpha value is -1.89. The van der Waals surface area contributed by atoms with Crippen LogP contribution in [0.4, 0.5) is 13.2 Å². The molecule has 7 heteroatoms. The average Bonchev–Trinajstić information content (AvgIpc) is 2.46. The van der Waals surface area contributed by atoms with Crippen molar-refractivity contribution in [3.05, 3.63) is 64.5 Å². The number of carboxylic acid groups (broad SMARTS) is 1. The van der Waals surface area contributed by atoms with Crippen molar-refractivity contribution in [3.63, 3.8) is 0 Å². The minimum Gasteiger partial charge on any atom is -0.478 e. The maximum absolute atomic E-state index is 12.5. The molecule has 1 aromatic carbocycles. The first-order chi connectivity index (χ1) is 10.3. The molecule has 116 valence electrons. The monoisotopic (exact) mass is 373 g/mol. The molecule has 0 unspecified atom stereocenters. The van der Waals surface area contributed by atoms with Crippen molar-refractivity contribution < 1.29 is 23.1 Å². The number of halogens is 4. The molecule has 0 saturated heterocycles. The van der Waals surface area contributed by atoms with Crippen LogP contribution in [0.25, 0.3) is 0 Å². The Morgan fingerprint density at radius 1 is 1.14 bits per heavy atom. The molecule has 0 amide bonds. The van der Waals surface area contributed by atoms with Gasteiger partial charge in [0, 0.05) is 17.4 Å². The molecule has 3 nitrogen and oxygen atoms in total. The molecule has 1 heterocycles. The van der Waals surface area contributed by atoms with Crippen LogP contribution in [0.3, 0.4) is 0 Å². The van der Waals surface area contributed by atoms with Gasteiger partial charge in [0.2, 0.25) is 0 Å². The number of hydrogen-bond donors (Lipinski definition) is 1. The Kier molecular flexibility index (Phi) is 4.85. The number of hydrogen-bond acceptors (Lipinski definition) is 2. The topological polar surface area (TPSA) is 50.2 Å². The van der Waals surface area contributed by atoms with Gasteiger partial charge in [-0.15, -0.1) is 0 Å². The third-order valence-corrected chi connectivity index (χ3v) is 3.59. The highest BCUT2D eigenvalue weighted by Gasteiger charge is 2.29. The van der Waals surface area contributed by atoms with Crippen LogP contribution < -0.4 is 0 Å². The van der Waals surface area contributed by atoms with Gasteiger partial charge in [0.15, 0.2) is 0 Å². The van der Waals surface area contributed by atoms with Crippen LogP contribution in [0.15, 0.2) is 36.4 Å². The lowest BCUT2D eigenvalue weighted by molar-refractivity contribution is -0.137. The Balaban J connectivity index is 2.22. The molecule has 2 aromatic rings. The zero-order chi connectivity index (χ0) is 16.3. The molecule has 2 rings (SSSR count). The molecule has 0 aliphatic carbocycles. The second-order valence-corrected chi connectivity index (χ2v) is 5.17. The molecule has 22 heavy (non-hydrogen) atoms. The molecular weight excluding hydrogens is 363 g/mol. The highest BCUT2D eigenvalue weighted by Crippen LogP contribution is 2.29. The molecule has 1 aromatic heterocycles. The van der Waals surface area contributed by atoms with E-state index in [0.717, 1.165) is 12.1 Å². The van der Waals surface area contributed by atoms with E-state index in [1.165, 1.54) is 18.2 Å². The van der Waals surface area contributed by atoms with E-state index in [9.17, 15) is 18.0 Å². The van der Waals surface area contributed by atoms with Crippen LogP contribution in [0, 0.1) is 0 Å². The van der Waals surface area contributed by atoms with Gasteiger partial charge in [0.25, 0.3) is 0 Å². The van der Waals surface area contributed by atoms with E-state index in [4.69, 9.17) is 5.11 Å². The van der Waals surface area contributed by atoms with Crippen LogP contribution in [0.1, 0.15) is 32.9 Å². The first kappa shape index (κ1) is 16.5. The maximum atomic E-state index is 12.5. The summed E-state index contributed by atoms with van der Waals surface area (Å²) in [5.41, 5.74) is 1.06. The lowest BCUT2D eigenvalue weighted by Crippen LogP contribution is -2.06. The maximum Gasteiger partial charge on any atom is 0.416 e. The minimum absolute atomic E-state index is 0.105. The molecule has 0 aliphatic rings. The van der Waals surface area contributed by atoms with Crippen LogP contribution in [-0.4, -0.2) is 16.1 Å². The highest BCUT2D eigenvalue weighted by atomic mass is 79.9. The van der Waals surface area contributed by atoms with Gasteiger partial charge in [-0.3, -0.25) is 4.98 Å². The van der Waals surface area contributed by atoms with Gasteiger partial charge in [-0.2, -0.15) is 13.2 Å². The molecule has 0 aliphatic heterocycles. The molecule has 0 atom stereocenters. The fourth-order valence-corrected chi connectivity index (χ4v) is 2.39. The summed E-state index contributed by atoms with van der Waals surface area (Å²) in [6.45, 7) is 0. The zero-order valence-corrected chi connectivity index (χ0v) is 12.8. The number of aromatic nitrogens is 1. The van der Waals surface area contributed by atoms with Crippen molar-refractivity contribution in [2.24, 2.45) is 0 Å². The van der Waals surface area contributed by atoms with Gasteiger partial charge >= 0.3 is 12.1 Å². The van der Waals surface area contributed by atoms with Gasteiger partial charge in [-0.25, -0.2) is 4.79 Å². The fourth-order valence-electron chi connectivity index (χ4n) is 1.96. The largest absolute Gasteiger partial charge is 0.478 e. The van der Waals surface area contributed by atoms with E-state index in [2.05, 4.69) is 20.9 Å². The highest BCUT2D eigenvalue weighted by molar-refractivity contribution is 9.08. The van der Waals surface area contributed by atoms with Gasteiger partial charge < -0.3 is 5.11 Å². The molecule has 0 bridgehead atoms. The van der Waals surface area contributed by atoms with Crippen molar-refractivity contribution in [1.82, 2.24) is 4.98 Å². The molecular formula is C15H11BrF3NO2. The molecule has 0 saturated carbocycles. The zero-order valence-electron chi connectivity index (χ0n) is 11.2. The molecule has 0 radical (unpaired) electrons. The SMILES string of the molecule is O=C(O)c1ccc(Cc2ccc(C(F)(F)F)cc2)nc1CBr. The fraction of sp³-hybridized carbons (Fsp3) is 0.200. The number of carbonyl (C=O) groups is 1. The van der Waals surface area contributed by atoms with E-state index in [-0.39, 0.29) is 10.9 Å². The van der Waals surface area contributed by atoms with Gasteiger partial charge in [0.05, 0.1) is 16.8 Å². The van der Waals surface area contributed by atoms with E-state index < -0.39 is 17.7 Å². The average molecular weight is 374 g/mol. The number of pyridine rings is 1.